The third-order valence-corrected chi connectivity index (χ3v) is 4.66. The number of hydrogen-bond acceptors (Lipinski definition) is 4. The van der Waals surface area contributed by atoms with E-state index in [1.54, 1.807) is 0 Å². The average Bonchev–Trinajstić information content (AvgIpc) is 2.96. The molecule has 1 fully saturated rings. The molecule has 1 aromatic rings. The van der Waals surface area contributed by atoms with E-state index in [-0.39, 0.29) is 5.60 Å². The largest absolute Gasteiger partial charge is 0.373 e. The van der Waals surface area contributed by atoms with Gasteiger partial charge < -0.3 is 10.1 Å². The van der Waals surface area contributed by atoms with E-state index in [1.807, 2.05) is 7.05 Å². The fourth-order valence-corrected chi connectivity index (χ4v) is 3.67. The third-order valence-electron chi connectivity index (χ3n) is 4.66. The van der Waals surface area contributed by atoms with Crippen LogP contribution in [-0.4, -0.2) is 23.6 Å². The maximum atomic E-state index is 6.16. The number of rotatable bonds is 4. The number of hydrogen-bond donors (Lipinski definition) is 1. The molecule has 0 bridgehead atoms. The first kappa shape index (κ1) is 13.8. The summed E-state index contributed by atoms with van der Waals surface area (Å²) in [6.45, 7) is 2.80. The molecule has 0 spiro atoms. The van der Waals surface area contributed by atoms with Crippen LogP contribution in [0.15, 0.2) is 0 Å². The highest BCUT2D eigenvalue weighted by Crippen LogP contribution is 2.40. The standard InChI is InChI=1S/C16H25N3O/c1-3-20-16(10-5-4-6-11-16)15-18-13-9-7-8-12(13)14(17-2)19-15/h3-11H2,1-2H3,(H,17,18,19). The normalized spacial score (nSPS) is 20.7. The zero-order valence-electron chi connectivity index (χ0n) is 12.7. The molecular weight excluding hydrogens is 250 g/mol. The number of aromatic nitrogens is 2. The summed E-state index contributed by atoms with van der Waals surface area (Å²) in [5.74, 6) is 1.94. The predicted molar refractivity (Wildman–Crippen MR) is 80.0 cm³/mol. The summed E-state index contributed by atoms with van der Waals surface area (Å²) in [6, 6.07) is 0. The molecule has 2 aliphatic carbocycles. The Morgan fingerprint density at radius 2 is 1.90 bits per heavy atom. The van der Waals surface area contributed by atoms with E-state index in [4.69, 9.17) is 14.7 Å². The smallest absolute Gasteiger partial charge is 0.162 e. The zero-order chi connectivity index (χ0) is 14.0. The second-order valence-corrected chi connectivity index (χ2v) is 5.91. The van der Waals surface area contributed by atoms with Gasteiger partial charge in [-0.2, -0.15) is 0 Å². The first-order valence-electron chi connectivity index (χ1n) is 8.01. The van der Waals surface area contributed by atoms with E-state index in [0.717, 1.165) is 43.9 Å². The van der Waals surface area contributed by atoms with Crippen LogP contribution in [0.25, 0.3) is 0 Å². The van der Waals surface area contributed by atoms with Crippen LogP contribution in [0.5, 0.6) is 0 Å². The minimum atomic E-state index is -0.240. The van der Waals surface area contributed by atoms with Gasteiger partial charge in [-0.15, -0.1) is 0 Å². The molecule has 20 heavy (non-hydrogen) atoms. The van der Waals surface area contributed by atoms with Crippen molar-refractivity contribution in [2.45, 2.75) is 63.9 Å². The molecule has 1 N–H and O–H groups in total. The van der Waals surface area contributed by atoms with Crippen molar-refractivity contribution < 1.29 is 4.74 Å². The molecule has 0 unspecified atom stereocenters. The van der Waals surface area contributed by atoms with Gasteiger partial charge in [0.2, 0.25) is 0 Å². The Kier molecular flexibility index (Phi) is 3.92. The van der Waals surface area contributed by atoms with Crippen LogP contribution in [0, 0.1) is 0 Å². The molecule has 1 aromatic heterocycles. The molecule has 110 valence electrons. The Morgan fingerprint density at radius 1 is 1.10 bits per heavy atom. The lowest BCUT2D eigenvalue weighted by Crippen LogP contribution is -2.35. The maximum Gasteiger partial charge on any atom is 0.162 e. The van der Waals surface area contributed by atoms with Crippen LogP contribution >= 0.6 is 0 Å². The molecule has 0 atom stereocenters. The molecule has 4 heteroatoms. The summed E-state index contributed by atoms with van der Waals surface area (Å²) in [7, 11) is 1.96. The number of fused-ring (bicyclic) bond motifs is 1. The predicted octanol–water partition coefficient (Wildman–Crippen LogP) is 3.20. The van der Waals surface area contributed by atoms with Crippen molar-refractivity contribution in [3.05, 3.63) is 17.1 Å². The van der Waals surface area contributed by atoms with Gasteiger partial charge in [-0.25, -0.2) is 9.97 Å². The first-order chi connectivity index (χ1) is 9.79. The van der Waals surface area contributed by atoms with Crippen LogP contribution in [-0.2, 0) is 23.2 Å². The van der Waals surface area contributed by atoms with Crippen molar-refractivity contribution in [2.75, 3.05) is 19.0 Å². The van der Waals surface area contributed by atoms with Gasteiger partial charge in [0.15, 0.2) is 5.82 Å². The van der Waals surface area contributed by atoms with Gasteiger partial charge in [0.1, 0.15) is 11.4 Å². The average molecular weight is 275 g/mol. The van der Waals surface area contributed by atoms with Gasteiger partial charge in [-0.3, -0.25) is 0 Å². The molecular formula is C16H25N3O. The van der Waals surface area contributed by atoms with Crippen molar-refractivity contribution in [2.24, 2.45) is 0 Å². The van der Waals surface area contributed by atoms with Crippen LogP contribution in [0.2, 0.25) is 0 Å². The van der Waals surface area contributed by atoms with Gasteiger partial charge in [0.25, 0.3) is 0 Å². The summed E-state index contributed by atoms with van der Waals surface area (Å²) in [6.07, 6.45) is 9.24. The van der Waals surface area contributed by atoms with Crippen LogP contribution < -0.4 is 5.32 Å². The number of nitrogens with zero attached hydrogens (tertiary/aromatic N) is 2. The molecule has 0 aromatic carbocycles. The van der Waals surface area contributed by atoms with Gasteiger partial charge in [-0.1, -0.05) is 19.3 Å². The van der Waals surface area contributed by atoms with E-state index in [0.29, 0.717) is 0 Å². The Morgan fingerprint density at radius 3 is 2.60 bits per heavy atom. The van der Waals surface area contributed by atoms with Gasteiger partial charge in [0, 0.05) is 24.9 Å². The Balaban J connectivity index is 2.02. The van der Waals surface area contributed by atoms with Gasteiger partial charge in [0.05, 0.1) is 0 Å². The van der Waals surface area contributed by atoms with E-state index in [2.05, 4.69) is 12.2 Å². The molecule has 0 saturated heterocycles. The monoisotopic (exact) mass is 275 g/mol. The summed E-state index contributed by atoms with van der Waals surface area (Å²) >= 11 is 0. The highest BCUT2D eigenvalue weighted by molar-refractivity contribution is 5.48. The lowest BCUT2D eigenvalue weighted by molar-refractivity contribution is -0.0767. The van der Waals surface area contributed by atoms with Crippen molar-refractivity contribution in [1.82, 2.24) is 9.97 Å². The van der Waals surface area contributed by atoms with Crippen molar-refractivity contribution in [3.63, 3.8) is 0 Å². The maximum absolute atomic E-state index is 6.16. The molecule has 3 rings (SSSR count). The van der Waals surface area contributed by atoms with Crippen LogP contribution in [0.4, 0.5) is 5.82 Å². The molecule has 0 radical (unpaired) electrons. The zero-order valence-corrected chi connectivity index (χ0v) is 12.7. The third kappa shape index (κ3) is 2.30. The summed E-state index contributed by atoms with van der Waals surface area (Å²) in [5.41, 5.74) is 2.32. The second-order valence-electron chi connectivity index (χ2n) is 5.91. The van der Waals surface area contributed by atoms with E-state index in [1.165, 1.54) is 36.9 Å². The van der Waals surface area contributed by atoms with Crippen LogP contribution in [0.1, 0.15) is 62.5 Å². The van der Waals surface area contributed by atoms with Gasteiger partial charge in [-0.05, 0) is 39.0 Å². The number of ether oxygens (including phenoxy) is 1. The fourth-order valence-electron chi connectivity index (χ4n) is 3.67. The van der Waals surface area contributed by atoms with Crippen molar-refractivity contribution in [1.29, 1.82) is 0 Å². The topological polar surface area (TPSA) is 47.0 Å². The molecule has 1 heterocycles. The molecule has 1 saturated carbocycles. The van der Waals surface area contributed by atoms with E-state index < -0.39 is 0 Å². The Hall–Kier alpha value is -1.16. The van der Waals surface area contributed by atoms with E-state index >= 15 is 0 Å². The summed E-state index contributed by atoms with van der Waals surface area (Å²) in [4.78, 5) is 9.73. The Labute approximate surface area is 121 Å². The quantitative estimate of drug-likeness (QED) is 0.916. The highest BCUT2D eigenvalue weighted by atomic mass is 16.5. The SMILES string of the molecule is CCOC1(c2nc3c(c(NC)n2)CCC3)CCCCC1. The summed E-state index contributed by atoms with van der Waals surface area (Å²) < 4.78 is 6.16. The lowest BCUT2D eigenvalue weighted by atomic mass is 9.83. The lowest BCUT2D eigenvalue weighted by Gasteiger charge is -2.36. The minimum Gasteiger partial charge on any atom is -0.373 e. The number of anilines is 1. The molecule has 2 aliphatic rings. The van der Waals surface area contributed by atoms with Crippen molar-refractivity contribution >= 4 is 5.82 Å². The molecule has 0 aliphatic heterocycles. The van der Waals surface area contributed by atoms with E-state index in [9.17, 15) is 0 Å². The Bertz CT molecular complexity index is 475. The second kappa shape index (κ2) is 5.68. The molecule has 4 nitrogen and oxygen atoms in total. The minimum absolute atomic E-state index is 0.240. The number of aryl methyl sites for hydroxylation is 1. The van der Waals surface area contributed by atoms with Crippen LogP contribution in [0.3, 0.4) is 0 Å². The summed E-state index contributed by atoms with van der Waals surface area (Å²) in [5, 5.41) is 3.26. The van der Waals surface area contributed by atoms with Gasteiger partial charge >= 0.3 is 0 Å². The highest BCUT2D eigenvalue weighted by Gasteiger charge is 2.38. The van der Waals surface area contributed by atoms with Crippen molar-refractivity contribution in [3.8, 4) is 0 Å². The fraction of sp³-hybridized carbons (Fsp3) is 0.750. The molecule has 0 amide bonds. The number of nitrogens with one attached hydrogen (secondary N) is 1. The first-order valence-corrected chi connectivity index (χ1v) is 8.01.